The van der Waals surface area contributed by atoms with Gasteiger partial charge in [0, 0.05) is 30.9 Å². The molecule has 0 saturated carbocycles. The number of benzene rings is 3. The number of anilines is 1. The molecule has 1 unspecified atom stereocenters. The fourth-order valence-electron chi connectivity index (χ4n) is 5.80. The molecule has 5 rings (SSSR count). The van der Waals surface area contributed by atoms with Gasteiger partial charge < -0.3 is 10.2 Å². The summed E-state index contributed by atoms with van der Waals surface area (Å²) in [4.78, 5) is 30.2. The maximum Gasteiger partial charge on any atom is 0.416 e. The Labute approximate surface area is 226 Å². The van der Waals surface area contributed by atoms with Crippen molar-refractivity contribution >= 4 is 17.5 Å². The van der Waals surface area contributed by atoms with Crippen LogP contribution in [0.1, 0.15) is 56.9 Å². The van der Waals surface area contributed by atoms with Crippen LogP contribution in [0.25, 0.3) is 0 Å². The van der Waals surface area contributed by atoms with Crippen molar-refractivity contribution in [3.8, 4) is 0 Å². The third-order valence-corrected chi connectivity index (χ3v) is 8.10. The van der Waals surface area contributed by atoms with Crippen molar-refractivity contribution in [2.24, 2.45) is 0 Å². The molecule has 8 heteroatoms. The molecule has 0 aromatic heterocycles. The maximum atomic E-state index is 13.4. The van der Waals surface area contributed by atoms with E-state index >= 15 is 0 Å². The standard InChI is InChI=1S/C31H32F3N3O2/c1-20-26(8-5-9-27(20)31(32,33)34)29(38)35-25-12-10-21(11-13-25)22-14-16-37(17-15-22)30(39)28-18-23-6-3-4-7-24(23)19-36(28)2/h3-13,22,28H,14-19H2,1-2H3,(H,35,38). The minimum Gasteiger partial charge on any atom is -0.341 e. The Morgan fingerprint density at radius 2 is 1.56 bits per heavy atom. The van der Waals surface area contributed by atoms with E-state index in [-0.39, 0.29) is 23.1 Å². The summed E-state index contributed by atoms with van der Waals surface area (Å²) in [6, 6.07) is 19.2. The second-order valence-electron chi connectivity index (χ2n) is 10.6. The highest BCUT2D eigenvalue weighted by Crippen LogP contribution is 2.34. The first-order valence-electron chi connectivity index (χ1n) is 13.3. The predicted octanol–water partition coefficient (Wildman–Crippen LogP) is 6.03. The Hall–Kier alpha value is -3.65. The van der Waals surface area contributed by atoms with Crippen LogP contribution >= 0.6 is 0 Å². The van der Waals surface area contributed by atoms with Gasteiger partial charge in [-0.3, -0.25) is 14.5 Å². The van der Waals surface area contributed by atoms with Crippen LogP contribution in [0.15, 0.2) is 66.7 Å². The third kappa shape index (κ3) is 5.71. The zero-order chi connectivity index (χ0) is 27.7. The molecule has 0 aliphatic carbocycles. The largest absolute Gasteiger partial charge is 0.416 e. The Bertz CT molecular complexity index is 1360. The summed E-state index contributed by atoms with van der Waals surface area (Å²) in [6.07, 6.45) is -2.07. The normalized spacial score (nSPS) is 18.5. The third-order valence-electron chi connectivity index (χ3n) is 8.10. The molecule has 2 aliphatic rings. The summed E-state index contributed by atoms with van der Waals surface area (Å²) in [5, 5.41) is 2.71. The quantitative estimate of drug-likeness (QED) is 0.444. The predicted molar refractivity (Wildman–Crippen MR) is 145 cm³/mol. The van der Waals surface area contributed by atoms with E-state index in [0.29, 0.717) is 24.7 Å². The summed E-state index contributed by atoms with van der Waals surface area (Å²) in [7, 11) is 2.01. The number of hydrogen-bond acceptors (Lipinski definition) is 3. The number of likely N-dealkylation sites (N-methyl/N-ethyl adjacent to an activating group) is 1. The molecule has 1 atom stereocenters. The van der Waals surface area contributed by atoms with Gasteiger partial charge in [0.2, 0.25) is 5.91 Å². The number of fused-ring (bicyclic) bond motifs is 1. The van der Waals surface area contributed by atoms with Gasteiger partial charge in [-0.1, -0.05) is 42.5 Å². The van der Waals surface area contributed by atoms with E-state index in [0.717, 1.165) is 37.4 Å². The summed E-state index contributed by atoms with van der Waals surface area (Å²) in [5.41, 5.74) is 3.27. The number of carbonyl (C=O) groups excluding carboxylic acids is 2. The first kappa shape index (κ1) is 26.9. The van der Waals surface area contributed by atoms with Gasteiger partial charge in [-0.15, -0.1) is 0 Å². The molecule has 1 saturated heterocycles. The van der Waals surface area contributed by atoms with Crippen LogP contribution in [0.3, 0.4) is 0 Å². The number of hydrogen-bond donors (Lipinski definition) is 1. The lowest BCUT2D eigenvalue weighted by atomic mass is 9.88. The van der Waals surface area contributed by atoms with Crippen LogP contribution in [-0.2, 0) is 23.9 Å². The number of nitrogens with zero attached hydrogens (tertiary/aromatic N) is 2. The molecule has 39 heavy (non-hydrogen) atoms. The Kier molecular flexibility index (Phi) is 7.49. The second kappa shape index (κ2) is 10.8. The number of halogens is 3. The number of carbonyl (C=O) groups is 2. The van der Waals surface area contributed by atoms with E-state index in [4.69, 9.17) is 0 Å². The number of alkyl halides is 3. The van der Waals surface area contributed by atoms with E-state index in [1.54, 1.807) is 12.1 Å². The van der Waals surface area contributed by atoms with Crippen molar-refractivity contribution < 1.29 is 22.8 Å². The van der Waals surface area contributed by atoms with Gasteiger partial charge in [-0.05, 0) is 85.7 Å². The lowest BCUT2D eigenvalue weighted by Gasteiger charge is -2.39. The van der Waals surface area contributed by atoms with Gasteiger partial charge in [0.05, 0.1) is 11.6 Å². The number of likely N-dealkylation sites (tertiary alicyclic amines) is 1. The molecule has 3 aromatic rings. The lowest BCUT2D eigenvalue weighted by molar-refractivity contribution is -0.138. The Morgan fingerprint density at radius 1 is 0.897 bits per heavy atom. The summed E-state index contributed by atoms with van der Waals surface area (Å²) in [6.45, 7) is 3.48. The molecule has 204 valence electrons. The van der Waals surface area contributed by atoms with Gasteiger partial charge >= 0.3 is 6.18 Å². The van der Waals surface area contributed by atoms with Crippen LogP contribution in [-0.4, -0.2) is 47.8 Å². The molecule has 0 bridgehead atoms. The van der Waals surface area contributed by atoms with Crippen molar-refractivity contribution in [1.82, 2.24) is 9.80 Å². The SMILES string of the molecule is Cc1c(C(=O)Nc2ccc(C3CCN(C(=O)C4Cc5ccccc5CN4C)CC3)cc2)cccc1C(F)(F)F. The van der Waals surface area contributed by atoms with Crippen LogP contribution in [0, 0.1) is 6.92 Å². The Balaban J connectivity index is 1.17. The van der Waals surface area contributed by atoms with E-state index in [1.807, 2.05) is 36.2 Å². The number of piperidine rings is 1. The first-order valence-corrected chi connectivity index (χ1v) is 13.3. The monoisotopic (exact) mass is 535 g/mol. The van der Waals surface area contributed by atoms with Crippen molar-refractivity contribution in [2.75, 3.05) is 25.5 Å². The zero-order valence-corrected chi connectivity index (χ0v) is 22.1. The molecule has 2 aliphatic heterocycles. The molecule has 2 amide bonds. The average molecular weight is 536 g/mol. The fraction of sp³-hybridized carbons (Fsp3) is 0.355. The van der Waals surface area contributed by atoms with Crippen molar-refractivity contribution in [3.05, 3.63) is 100 Å². The minimum absolute atomic E-state index is 0.00182. The fourth-order valence-corrected chi connectivity index (χ4v) is 5.80. The minimum atomic E-state index is -4.51. The van der Waals surface area contributed by atoms with Crippen molar-refractivity contribution in [1.29, 1.82) is 0 Å². The number of amides is 2. The molecule has 3 aromatic carbocycles. The van der Waals surface area contributed by atoms with E-state index in [2.05, 4.69) is 22.3 Å². The highest BCUT2D eigenvalue weighted by atomic mass is 19.4. The summed E-state index contributed by atoms with van der Waals surface area (Å²) >= 11 is 0. The second-order valence-corrected chi connectivity index (χ2v) is 10.6. The molecular weight excluding hydrogens is 503 g/mol. The van der Waals surface area contributed by atoms with Gasteiger partial charge in [0.25, 0.3) is 5.91 Å². The molecular formula is C31H32F3N3O2. The van der Waals surface area contributed by atoms with E-state index < -0.39 is 17.6 Å². The molecule has 1 N–H and O–H groups in total. The number of rotatable bonds is 4. The average Bonchev–Trinajstić information content (AvgIpc) is 2.92. The van der Waals surface area contributed by atoms with Crippen LogP contribution in [0.4, 0.5) is 18.9 Å². The van der Waals surface area contributed by atoms with Crippen LogP contribution in [0.5, 0.6) is 0 Å². The molecule has 0 spiro atoms. The van der Waals surface area contributed by atoms with Crippen molar-refractivity contribution in [2.45, 2.75) is 50.9 Å². The zero-order valence-electron chi connectivity index (χ0n) is 22.1. The molecule has 1 fully saturated rings. The van der Waals surface area contributed by atoms with Gasteiger partial charge in [-0.2, -0.15) is 13.2 Å². The summed E-state index contributed by atoms with van der Waals surface area (Å²) in [5.74, 6) is -0.0869. The topological polar surface area (TPSA) is 52.7 Å². The van der Waals surface area contributed by atoms with E-state index in [1.165, 1.54) is 30.2 Å². The van der Waals surface area contributed by atoms with Gasteiger partial charge in [-0.25, -0.2) is 0 Å². The molecule has 5 nitrogen and oxygen atoms in total. The Morgan fingerprint density at radius 3 is 2.23 bits per heavy atom. The smallest absolute Gasteiger partial charge is 0.341 e. The number of nitrogens with one attached hydrogen (secondary N) is 1. The van der Waals surface area contributed by atoms with Crippen LogP contribution < -0.4 is 5.32 Å². The molecule has 0 radical (unpaired) electrons. The maximum absolute atomic E-state index is 13.4. The molecule has 2 heterocycles. The first-order chi connectivity index (χ1) is 18.6. The highest BCUT2D eigenvalue weighted by molar-refractivity contribution is 6.05. The lowest BCUT2D eigenvalue weighted by Crippen LogP contribution is -2.51. The van der Waals surface area contributed by atoms with Crippen molar-refractivity contribution in [3.63, 3.8) is 0 Å². The van der Waals surface area contributed by atoms with Gasteiger partial charge in [0.15, 0.2) is 0 Å². The summed E-state index contributed by atoms with van der Waals surface area (Å²) < 4.78 is 39.7. The van der Waals surface area contributed by atoms with E-state index in [9.17, 15) is 22.8 Å². The highest BCUT2D eigenvalue weighted by Gasteiger charge is 2.35. The van der Waals surface area contributed by atoms with Gasteiger partial charge in [0.1, 0.15) is 0 Å². The van der Waals surface area contributed by atoms with Crippen LogP contribution in [0.2, 0.25) is 0 Å².